The highest BCUT2D eigenvalue weighted by atomic mass is 16.5. The Bertz CT molecular complexity index is 484. The summed E-state index contributed by atoms with van der Waals surface area (Å²) in [6, 6.07) is 9.92. The van der Waals surface area contributed by atoms with Crippen molar-refractivity contribution in [2.24, 2.45) is 0 Å². The Hall–Kier alpha value is -2.16. The van der Waals surface area contributed by atoms with Crippen LogP contribution in [0.3, 0.4) is 0 Å². The third-order valence-corrected chi connectivity index (χ3v) is 2.24. The van der Waals surface area contributed by atoms with Gasteiger partial charge < -0.3 is 4.74 Å². The average molecular weight is 214 g/mol. The number of rotatable bonds is 2. The fraction of sp³-hybridized carbons (Fsp3) is 0.0769. The predicted molar refractivity (Wildman–Crippen MR) is 61.5 cm³/mol. The molecule has 0 fully saturated rings. The lowest BCUT2D eigenvalue weighted by Crippen LogP contribution is -2.66. The summed E-state index contributed by atoms with van der Waals surface area (Å²) in [7, 11) is 1.36. The van der Waals surface area contributed by atoms with Crippen LogP contribution < -0.4 is 4.99 Å². The molecule has 1 aromatic carbocycles. The second-order valence-electron chi connectivity index (χ2n) is 3.39. The van der Waals surface area contributed by atoms with E-state index in [9.17, 15) is 4.79 Å². The number of ether oxygens (including phenoxy) is 1. The molecule has 0 atom stereocenters. The molecule has 2 rings (SSSR count). The highest BCUT2D eigenvalue weighted by Gasteiger charge is 2.19. The van der Waals surface area contributed by atoms with Crippen LogP contribution in [0.1, 0.15) is 5.56 Å². The molecule has 0 bridgehead atoms. The Labute approximate surface area is 93.8 Å². The molecule has 1 N–H and O–H groups in total. The van der Waals surface area contributed by atoms with Crippen LogP contribution in [0.4, 0.5) is 0 Å². The van der Waals surface area contributed by atoms with Crippen LogP contribution >= 0.6 is 0 Å². The van der Waals surface area contributed by atoms with Gasteiger partial charge >= 0.3 is 5.97 Å². The molecule has 0 unspecified atom stereocenters. The molecule has 3 nitrogen and oxygen atoms in total. The Morgan fingerprint density at radius 3 is 2.75 bits per heavy atom. The average Bonchev–Trinajstić information content (AvgIpc) is 2.78. The maximum absolute atomic E-state index is 11.2. The van der Waals surface area contributed by atoms with E-state index in [4.69, 9.17) is 0 Å². The fourth-order valence-electron chi connectivity index (χ4n) is 1.46. The maximum atomic E-state index is 11.2. The van der Waals surface area contributed by atoms with Crippen LogP contribution in [-0.4, -0.2) is 19.3 Å². The normalized spacial score (nSPS) is 16.3. The summed E-state index contributed by atoms with van der Waals surface area (Å²) in [5.41, 5.74) is 2.51. The van der Waals surface area contributed by atoms with E-state index in [-0.39, 0.29) is 5.97 Å². The van der Waals surface area contributed by atoms with Crippen LogP contribution in [0.25, 0.3) is 6.08 Å². The molecular formula is C13H12NO2+. The van der Waals surface area contributed by atoms with E-state index in [1.54, 1.807) is 12.3 Å². The molecule has 16 heavy (non-hydrogen) atoms. The van der Waals surface area contributed by atoms with Crippen LogP contribution in [0.5, 0.6) is 0 Å². The molecule has 0 aromatic heterocycles. The molecule has 0 radical (unpaired) electrons. The van der Waals surface area contributed by atoms with E-state index in [1.165, 1.54) is 7.11 Å². The second-order valence-corrected chi connectivity index (χ2v) is 3.39. The van der Waals surface area contributed by atoms with Gasteiger partial charge in [0.05, 0.1) is 7.11 Å². The van der Waals surface area contributed by atoms with Gasteiger partial charge in [0, 0.05) is 11.6 Å². The Morgan fingerprint density at radius 2 is 2.06 bits per heavy atom. The molecule has 1 aliphatic rings. The lowest BCUT2D eigenvalue weighted by molar-refractivity contribution is -0.384. The second kappa shape index (κ2) is 4.57. The number of allylic oxidation sites excluding steroid dienone is 2. The highest BCUT2D eigenvalue weighted by molar-refractivity contribution is 5.95. The van der Waals surface area contributed by atoms with Gasteiger partial charge in [-0.25, -0.2) is 9.79 Å². The molecule has 80 valence electrons. The smallest absolute Gasteiger partial charge is 0.403 e. The van der Waals surface area contributed by atoms with Gasteiger partial charge in [-0.1, -0.05) is 30.3 Å². The van der Waals surface area contributed by atoms with E-state index >= 15 is 0 Å². The van der Waals surface area contributed by atoms with Crippen molar-refractivity contribution >= 4 is 18.3 Å². The third-order valence-electron chi connectivity index (χ3n) is 2.24. The number of esters is 1. The lowest BCUT2D eigenvalue weighted by Gasteiger charge is -1.90. The van der Waals surface area contributed by atoms with Crippen molar-refractivity contribution in [2.75, 3.05) is 7.11 Å². The van der Waals surface area contributed by atoms with E-state index in [2.05, 4.69) is 9.73 Å². The first-order valence-electron chi connectivity index (χ1n) is 4.96. The molecule has 0 amide bonds. The van der Waals surface area contributed by atoms with Gasteiger partial charge in [-0.05, 0) is 11.6 Å². The van der Waals surface area contributed by atoms with Crippen molar-refractivity contribution in [1.29, 1.82) is 0 Å². The summed E-state index contributed by atoms with van der Waals surface area (Å²) in [6.45, 7) is 0. The molecule has 1 aromatic rings. The summed E-state index contributed by atoms with van der Waals surface area (Å²) in [6.07, 6.45) is 5.53. The minimum Gasteiger partial charge on any atom is -0.461 e. The number of carbonyl (C=O) groups is 1. The first-order chi connectivity index (χ1) is 7.79. The maximum Gasteiger partial charge on any atom is 0.403 e. The predicted octanol–water partition coefficient (Wildman–Crippen LogP) is 0.292. The van der Waals surface area contributed by atoms with Crippen LogP contribution in [0.2, 0.25) is 0 Å². The van der Waals surface area contributed by atoms with Crippen molar-refractivity contribution in [3.05, 3.63) is 53.2 Å². The lowest BCUT2D eigenvalue weighted by atomic mass is 10.1. The van der Waals surface area contributed by atoms with Gasteiger partial charge in [-0.2, -0.15) is 0 Å². The van der Waals surface area contributed by atoms with E-state index in [1.807, 2.05) is 36.4 Å². The summed E-state index contributed by atoms with van der Waals surface area (Å²) >= 11 is 0. The molecular weight excluding hydrogens is 202 g/mol. The Kier molecular flexibility index (Phi) is 2.96. The molecule has 0 saturated heterocycles. The number of hydrogen-bond acceptors (Lipinski definition) is 2. The molecule has 0 aliphatic carbocycles. The Morgan fingerprint density at radius 1 is 1.31 bits per heavy atom. The quantitative estimate of drug-likeness (QED) is 0.719. The zero-order chi connectivity index (χ0) is 11.4. The van der Waals surface area contributed by atoms with Crippen molar-refractivity contribution < 1.29 is 14.5 Å². The summed E-state index contributed by atoms with van der Waals surface area (Å²) < 4.78 is 4.62. The molecule has 0 saturated carbocycles. The number of carbonyl (C=O) groups excluding carboxylic acids is 1. The minimum absolute atomic E-state index is 0.354. The summed E-state index contributed by atoms with van der Waals surface area (Å²) in [5.74, 6) is -0.354. The topological polar surface area (TPSA) is 40.3 Å². The van der Waals surface area contributed by atoms with Crippen LogP contribution in [-0.2, 0) is 9.53 Å². The monoisotopic (exact) mass is 214 g/mol. The van der Waals surface area contributed by atoms with Gasteiger partial charge in [0.25, 0.3) is 5.70 Å². The van der Waals surface area contributed by atoms with Crippen molar-refractivity contribution in [3.8, 4) is 0 Å². The van der Waals surface area contributed by atoms with Gasteiger partial charge in [-0.15, -0.1) is 0 Å². The third kappa shape index (κ3) is 2.25. The van der Waals surface area contributed by atoms with Gasteiger partial charge in [-0.3, -0.25) is 0 Å². The molecule has 3 heteroatoms. The van der Waals surface area contributed by atoms with E-state index in [0.29, 0.717) is 5.70 Å². The molecule has 0 spiro atoms. The highest BCUT2D eigenvalue weighted by Crippen LogP contribution is 2.08. The zero-order valence-corrected chi connectivity index (χ0v) is 8.94. The van der Waals surface area contributed by atoms with Gasteiger partial charge in [0.1, 0.15) is 0 Å². The number of benzene rings is 1. The fourth-order valence-corrected chi connectivity index (χ4v) is 1.46. The SMILES string of the molecule is COC(=O)C1=C/C(=C\c2ccccc2)C=[NH+]1. The number of methoxy groups -OCH3 is 1. The van der Waals surface area contributed by atoms with Gasteiger partial charge in [0.15, 0.2) is 6.21 Å². The number of hydrogen-bond donors (Lipinski definition) is 1. The van der Waals surface area contributed by atoms with E-state index < -0.39 is 0 Å². The molecule has 1 aliphatic heterocycles. The van der Waals surface area contributed by atoms with Crippen molar-refractivity contribution in [2.45, 2.75) is 0 Å². The van der Waals surface area contributed by atoms with Crippen LogP contribution in [0.15, 0.2) is 47.7 Å². The Balaban J connectivity index is 2.21. The summed E-state index contributed by atoms with van der Waals surface area (Å²) in [4.78, 5) is 14.1. The first kappa shape index (κ1) is 10.4. The van der Waals surface area contributed by atoms with Crippen molar-refractivity contribution in [1.82, 2.24) is 0 Å². The van der Waals surface area contributed by atoms with E-state index in [0.717, 1.165) is 11.1 Å². The summed E-state index contributed by atoms with van der Waals surface area (Å²) in [5, 5.41) is 0. The minimum atomic E-state index is -0.354. The molecule has 1 heterocycles. The standard InChI is InChI=1S/C13H11NO2/c1-16-13(15)12-8-11(9-14-12)7-10-5-3-2-4-6-10/h2-9H,1H3/p+1/b11-7+. The number of nitrogens with one attached hydrogen (secondary N) is 1. The zero-order valence-electron chi connectivity index (χ0n) is 8.94. The largest absolute Gasteiger partial charge is 0.461 e. The first-order valence-corrected chi connectivity index (χ1v) is 4.96. The van der Waals surface area contributed by atoms with Crippen LogP contribution in [0, 0.1) is 0 Å². The van der Waals surface area contributed by atoms with Crippen molar-refractivity contribution in [3.63, 3.8) is 0 Å². The van der Waals surface area contributed by atoms with Gasteiger partial charge in [0.2, 0.25) is 0 Å².